The molecule has 0 spiro atoms. The fourth-order valence-corrected chi connectivity index (χ4v) is 1.27. The Bertz CT molecular complexity index is 324. The molecule has 0 heterocycles. The number of rotatable bonds is 3. The van der Waals surface area contributed by atoms with E-state index in [2.05, 4.69) is 19.9 Å². The zero-order valence-corrected chi connectivity index (χ0v) is 9.12. The lowest BCUT2D eigenvalue weighted by atomic mass is 10.1. The fraction of sp³-hybridized carbons (Fsp3) is 0.385. The average Bonchev–Trinajstić information content (AvgIpc) is 2.10. The minimum atomic E-state index is 0.357. The monoisotopic (exact) mass is 190 g/mol. The molecule has 0 saturated heterocycles. The molecular weight excluding hydrogens is 172 g/mol. The number of phenolic OH excluding ortho intramolecular Hbond substituents is 1. The third-order valence-electron chi connectivity index (χ3n) is 2.09. The number of hydrogen-bond donors (Lipinski definition) is 1. The van der Waals surface area contributed by atoms with Crippen LogP contribution in [0.3, 0.4) is 0 Å². The Labute approximate surface area is 86.1 Å². The summed E-state index contributed by atoms with van der Waals surface area (Å²) >= 11 is 0. The molecule has 1 heteroatoms. The third-order valence-corrected chi connectivity index (χ3v) is 2.09. The smallest absolute Gasteiger partial charge is 0.122 e. The summed E-state index contributed by atoms with van der Waals surface area (Å²) in [6, 6.07) is 5.64. The van der Waals surface area contributed by atoms with E-state index in [-0.39, 0.29) is 0 Å². The van der Waals surface area contributed by atoms with E-state index in [1.165, 1.54) is 5.56 Å². The van der Waals surface area contributed by atoms with E-state index in [0.29, 0.717) is 11.7 Å². The molecule has 0 unspecified atom stereocenters. The van der Waals surface area contributed by atoms with Crippen molar-refractivity contribution in [3.63, 3.8) is 0 Å². The first-order chi connectivity index (χ1) is 6.59. The molecule has 76 valence electrons. The lowest BCUT2D eigenvalue weighted by molar-refractivity contribution is 0.474. The van der Waals surface area contributed by atoms with Gasteiger partial charge in [-0.05, 0) is 31.4 Å². The van der Waals surface area contributed by atoms with E-state index in [4.69, 9.17) is 0 Å². The lowest BCUT2D eigenvalue weighted by Gasteiger charge is -2.01. The van der Waals surface area contributed by atoms with Crippen molar-refractivity contribution in [3.8, 4) is 5.75 Å². The fourth-order valence-electron chi connectivity index (χ4n) is 1.27. The minimum absolute atomic E-state index is 0.357. The summed E-state index contributed by atoms with van der Waals surface area (Å²) < 4.78 is 0. The van der Waals surface area contributed by atoms with Gasteiger partial charge in [0.2, 0.25) is 0 Å². The Hall–Kier alpha value is -1.24. The van der Waals surface area contributed by atoms with Crippen molar-refractivity contribution in [1.29, 1.82) is 0 Å². The van der Waals surface area contributed by atoms with Gasteiger partial charge in [-0.1, -0.05) is 37.6 Å². The quantitative estimate of drug-likeness (QED) is 0.769. The molecule has 0 atom stereocenters. The van der Waals surface area contributed by atoms with Gasteiger partial charge in [-0.25, -0.2) is 0 Å². The number of aromatic hydroxyl groups is 1. The summed E-state index contributed by atoms with van der Waals surface area (Å²) in [4.78, 5) is 0. The van der Waals surface area contributed by atoms with Gasteiger partial charge in [0, 0.05) is 5.56 Å². The highest BCUT2D eigenvalue weighted by Gasteiger charge is 1.96. The molecule has 0 aliphatic rings. The average molecular weight is 190 g/mol. The highest BCUT2D eigenvalue weighted by molar-refractivity contribution is 5.57. The molecule has 0 aliphatic heterocycles. The van der Waals surface area contributed by atoms with Crippen molar-refractivity contribution in [1.82, 2.24) is 0 Å². The van der Waals surface area contributed by atoms with Crippen LogP contribution in [0.5, 0.6) is 5.75 Å². The molecule has 1 N–H and O–H groups in total. The number of benzene rings is 1. The van der Waals surface area contributed by atoms with Gasteiger partial charge in [0.1, 0.15) is 5.75 Å². The van der Waals surface area contributed by atoms with E-state index in [1.54, 1.807) is 6.07 Å². The molecule has 1 rings (SSSR count). The highest BCUT2D eigenvalue weighted by Crippen LogP contribution is 2.20. The van der Waals surface area contributed by atoms with Crippen LogP contribution in [0.2, 0.25) is 0 Å². The van der Waals surface area contributed by atoms with Crippen LogP contribution in [0.25, 0.3) is 6.08 Å². The normalized spacial score (nSPS) is 11.4. The maximum atomic E-state index is 9.55. The molecule has 0 radical (unpaired) electrons. The minimum Gasteiger partial charge on any atom is -0.507 e. The van der Waals surface area contributed by atoms with E-state index in [1.807, 2.05) is 25.1 Å². The van der Waals surface area contributed by atoms with Gasteiger partial charge >= 0.3 is 0 Å². The molecule has 1 aromatic rings. The predicted octanol–water partition coefficient (Wildman–Crippen LogP) is 3.76. The second-order valence-electron chi connectivity index (χ2n) is 4.09. The standard InChI is InChI=1S/C13H18O/c1-10(2)5-4-6-12-9-11(3)7-8-13(12)14/h4,6-10,14H,5H2,1-3H3. The number of aryl methyl sites for hydroxylation is 1. The molecule has 0 saturated carbocycles. The van der Waals surface area contributed by atoms with Crippen molar-refractivity contribution in [2.75, 3.05) is 0 Å². The zero-order chi connectivity index (χ0) is 10.6. The van der Waals surface area contributed by atoms with E-state index in [0.717, 1.165) is 12.0 Å². The first-order valence-corrected chi connectivity index (χ1v) is 5.05. The Morgan fingerprint density at radius 1 is 1.36 bits per heavy atom. The van der Waals surface area contributed by atoms with E-state index in [9.17, 15) is 5.11 Å². The van der Waals surface area contributed by atoms with Crippen molar-refractivity contribution >= 4 is 6.08 Å². The van der Waals surface area contributed by atoms with Gasteiger partial charge in [0.05, 0.1) is 0 Å². The Morgan fingerprint density at radius 3 is 2.71 bits per heavy atom. The van der Waals surface area contributed by atoms with Crippen molar-refractivity contribution in [3.05, 3.63) is 35.4 Å². The third kappa shape index (κ3) is 3.25. The molecule has 0 aromatic heterocycles. The Morgan fingerprint density at radius 2 is 2.07 bits per heavy atom. The molecule has 0 fully saturated rings. The molecule has 0 aliphatic carbocycles. The van der Waals surface area contributed by atoms with E-state index >= 15 is 0 Å². The van der Waals surface area contributed by atoms with Gasteiger partial charge < -0.3 is 5.11 Å². The first kappa shape index (κ1) is 10.8. The summed E-state index contributed by atoms with van der Waals surface area (Å²) in [5.74, 6) is 1.02. The van der Waals surface area contributed by atoms with Crippen molar-refractivity contribution in [2.45, 2.75) is 27.2 Å². The summed E-state index contributed by atoms with van der Waals surface area (Å²) in [7, 11) is 0. The molecule has 14 heavy (non-hydrogen) atoms. The lowest BCUT2D eigenvalue weighted by Crippen LogP contribution is -1.82. The van der Waals surface area contributed by atoms with Crippen LogP contribution in [0.15, 0.2) is 24.3 Å². The summed E-state index contributed by atoms with van der Waals surface area (Å²) in [6.45, 7) is 6.39. The molecular formula is C13H18O. The maximum absolute atomic E-state index is 9.55. The Balaban J connectivity index is 2.75. The van der Waals surface area contributed by atoms with Crippen LogP contribution in [0, 0.1) is 12.8 Å². The molecule has 0 bridgehead atoms. The topological polar surface area (TPSA) is 20.2 Å². The van der Waals surface area contributed by atoms with Crippen LogP contribution >= 0.6 is 0 Å². The molecule has 1 aromatic carbocycles. The first-order valence-electron chi connectivity index (χ1n) is 5.05. The van der Waals surface area contributed by atoms with Crippen LogP contribution in [-0.2, 0) is 0 Å². The van der Waals surface area contributed by atoms with Crippen LogP contribution in [0.1, 0.15) is 31.4 Å². The van der Waals surface area contributed by atoms with Crippen LogP contribution < -0.4 is 0 Å². The zero-order valence-electron chi connectivity index (χ0n) is 9.12. The molecule has 1 nitrogen and oxygen atoms in total. The largest absolute Gasteiger partial charge is 0.507 e. The summed E-state index contributed by atoms with van der Waals surface area (Å²) in [5, 5.41) is 9.55. The van der Waals surface area contributed by atoms with Gasteiger partial charge in [-0.2, -0.15) is 0 Å². The number of hydrogen-bond acceptors (Lipinski definition) is 1. The van der Waals surface area contributed by atoms with Crippen LogP contribution in [0.4, 0.5) is 0 Å². The summed E-state index contributed by atoms with van der Waals surface area (Å²) in [5.41, 5.74) is 2.08. The predicted molar refractivity (Wildman–Crippen MR) is 61.3 cm³/mol. The van der Waals surface area contributed by atoms with Crippen LogP contribution in [-0.4, -0.2) is 5.11 Å². The maximum Gasteiger partial charge on any atom is 0.122 e. The van der Waals surface area contributed by atoms with E-state index < -0.39 is 0 Å². The van der Waals surface area contributed by atoms with Gasteiger partial charge in [-0.15, -0.1) is 0 Å². The summed E-state index contributed by atoms with van der Waals surface area (Å²) in [6.07, 6.45) is 5.15. The van der Waals surface area contributed by atoms with Crippen molar-refractivity contribution in [2.24, 2.45) is 5.92 Å². The highest BCUT2D eigenvalue weighted by atomic mass is 16.3. The van der Waals surface area contributed by atoms with Gasteiger partial charge in [0.25, 0.3) is 0 Å². The second-order valence-corrected chi connectivity index (χ2v) is 4.09. The second kappa shape index (κ2) is 4.85. The van der Waals surface area contributed by atoms with Gasteiger partial charge in [-0.3, -0.25) is 0 Å². The Kier molecular flexibility index (Phi) is 3.75. The SMILES string of the molecule is Cc1ccc(O)c(C=CCC(C)C)c1. The molecule has 0 amide bonds. The van der Waals surface area contributed by atoms with Crippen molar-refractivity contribution < 1.29 is 5.11 Å². The number of phenols is 1. The number of allylic oxidation sites excluding steroid dienone is 1. The van der Waals surface area contributed by atoms with Gasteiger partial charge in [0.15, 0.2) is 0 Å².